The first kappa shape index (κ1) is 19.2. The Morgan fingerprint density at radius 1 is 0.893 bits per heavy atom. The van der Waals surface area contributed by atoms with E-state index in [4.69, 9.17) is 9.73 Å². The number of methoxy groups -OCH3 is 1. The van der Waals surface area contributed by atoms with Crippen molar-refractivity contribution in [2.24, 2.45) is 4.99 Å². The maximum atomic E-state index is 12.4. The summed E-state index contributed by atoms with van der Waals surface area (Å²) in [6, 6.07) is 22.9. The predicted molar refractivity (Wildman–Crippen MR) is 108 cm³/mol. The van der Waals surface area contributed by atoms with E-state index in [1.165, 1.54) is 19.2 Å². The smallest absolute Gasteiger partial charge is 0.330 e. The minimum Gasteiger partial charge on any atom is -0.504 e. The molecule has 0 amide bonds. The van der Waals surface area contributed by atoms with E-state index in [0.29, 0.717) is 11.3 Å². The fraction of sp³-hybridized carbons (Fsp3) is 0.130. The summed E-state index contributed by atoms with van der Waals surface area (Å²) in [6.45, 7) is 0. The molecular weight excluding hydrogens is 355 g/mol. The Morgan fingerprint density at radius 3 is 1.96 bits per heavy atom. The molecule has 3 rings (SSSR count). The molecule has 3 aromatic carbocycles. The number of rotatable bonds is 6. The van der Waals surface area contributed by atoms with Gasteiger partial charge in [-0.25, -0.2) is 4.79 Å². The Kier molecular flexibility index (Phi) is 6.07. The number of aromatic hydroxyl groups is 2. The summed E-state index contributed by atoms with van der Waals surface area (Å²) in [4.78, 5) is 17.2. The third kappa shape index (κ3) is 4.57. The van der Waals surface area contributed by atoms with Crippen molar-refractivity contribution in [3.63, 3.8) is 0 Å². The van der Waals surface area contributed by atoms with Crippen LogP contribution in [0.2, 0.25) is 0 Å². The first-order valence-electron chi connectivity index (χ1n) is 8.86. The van der Waals surface area contributed by atoms with Gasteiger partial charge in [0.2, 0.25) is 0 Å². The number of ether oxygens (including phenoxy) is 1. The van der Waals surface area contributed by atoms with Crippen molar-refractivity contribution >= 4 is 11.7 Å². The average molecular weight is 376 g/mol. The van der Waals surface area contributed by atoms with Crippen LogP contribution in [0, 0.1) is 0 Å². The summed E-state index contributed by atoms with van der Waals surface area (Å²) in [7, 11) is 1.32. The highest BCUT2D eigenvalue weighted by Crippen LogP contribution is 2.26. The monoisotopic (exact) mass is 376 g/mol. The van der Waals surface area contributed by atoms with E-state index < -0.39 is 12.0 Å². The van der Waals surface area contributed by atoms with Crippen LogP contribution >= 0.6 is 0 Å². The molecule has 0 radical (unpaired) electrons. The number of phenolic OH excluding ortho intramolecular Hbond substituents is 2. The summed E-state index contributed by atoms with van der Waals surface area (Å²) in [6.07, 6.45) is 0.226. The lowest BCUT2D eigenvalue weighted by Crippen LogP contribution is -2.25. The van der Waals surface area contributed by atoms with Gasteiger partial charge in [-0.3, -0.25) is 4.99 Å². The first-order valence-corrected chi connectivity index (χ1v) is 8.86. The molecule has 0 heterocycles. The van der Waals surface area contributed by atoms with Gasteiger partial charge in [0, 0.05) is 17.5 Å². The Morgan fingerprint density at radius 2 is 1.46 bits per heavy atom. The highest BCUT2D eigenvalue weighted by atomic mass is 16.5. The molecule has 0 saturated carbocycles. The summed E-state index contributed by atoms with van der Waals surface area (Å²) < 4.78 is 4.95. The van der Waals surface area contributed by atoms with Gasteiger partial charge < -0.3 is 14.9 Å². The molecule has 0 aliphatic carbocycles. The fourth-order valence-electron chi connectivity index (χ4n) is 2.90. The van der Waals surface area contributed by atoms with Gasteiger partial charge in [-0.1, -0.05) is 66.7 Å². The van der Waals surface area contributed by atoms with Gasteiger partial charge in [0.1, 0.15) is 0 Å². The van der Waals surface area contributed by atoms with Crippen molar-refractivity contribution in [2.45, 2.75) is 12.5 Å². The van der Waals surface area contributed by atoms with E-state index in [1.54, 1.807) is 6.07 Å². The molecule has 0 spiro atoms. The molecule has 1 unspecified atom stereocenters. The number of hydrogen-bond donors (Lipinski definition) is 2. The van der Waals surface area contributed by atoms with Crippen LogP contribution in [-0.2, 0) is 16.0 Å². The fourth-order valence-corrected chi connectivity index (χ4v) is 2.90. The Balaban J connectivity index is 2.04. The van der Waals surface area contributed by atoms with E-state index in [1.807, 2.05) is 60.7 Å². The van der Waals surface area contributed by atoms with Crippen LogP contribution in [0.3, 0.4) is 0 Å². The second kappa shape index (κ2) is 8.86. The van der Waals surface area contributed by atoms with Crippen molar-refractivity contribution in [2.75, 3.05) is 7.11 Å². The minimum atomic E-state index is -0.802. The van der Waals surface area contributed by atoms with Crippen molar-refractivity contribution in [1.82, 2.24) is 0 Å². The number of hydrogen-bond acceptors (Lipinski definition) is 5. The molecule has 0 aliphatic rings. The van der Waals surface area contributed by atoms with Crippen molar-refractivity contribution in [3.05, 3.63) is 95.6 Å². The number of nitrogens with zero attached hydrogens (tertiary/aromatic N) is 1. The molecule has 3 aromatic rings. The van der Waals surface area contributed by atoms with E-state index in [2.05, 4.69) is 0 Å². The maximum absolute atomic E-state index is 12.4. The van der Waals surface area contributed by atoms with E-state index in [-0.39, 0.29) is 17.9 Å². The van der Waals surface area contributed by atoms with E-state index in [0.717, 1.165) is 11.1 Å². The van der Waals surface area contributed by atoms with Crippen molar-refractivity contribution in [3.8, 4) is 11.5 Å². The third-order valence-corrected chi connectivity index (χ3v) is 4.32. The highest BCUT2D eigenvalue weighted by molar-refractivity contribution is 6.13. The van der Waals surface area contributed by atoms with Gasteiger partial charge in [0.15, 0.2) is 17.5 Å². The molecule has 0 aliphatic heterocycles. The zero-order valence-electron chi connectivity index (χ0n) is 15.4. The standard InChI is InChI=1S/C23H21NO4/c1-28-23(27)19(14-16-12-13-20(25)21(26)15-16)24-22(17-8-4-2-5-9-17)18-10-6-3-7-11-18/h2-13,15,19,25-26H,14H2,1H3/i24+1. The maximum Gasteiger partial charge on any atom is 0.330 e. The van der Waals surface area contributed by atoms with Crippen LogP contribution < -0.4 is 0 Å². The first-order chi connectivity index (χ1) is 13.6. The predicted octanol–water partition coefficient (Wildman–Crippen LogP) is 3.72. The summed E-state index contributed by atoms with van der Waals surface area (Å²) in [5.41, 5.74) is 3.11. The van der Waals surface area contributed by atoms with Gasteiger partial charge in [0.25, 0.3) is 0 Å². The van der Waals surface area contributed by atoms with E-state index in [9.17, 15) is 15.0 Å². The quantitative estimate of drug-likeness (QED) is 0.297. The number of aliphatic imine (C=N–C) groups is 1. The molecule has 0 fully saturated rings. The Labute approximate surface area is 163 Å². The molecule has 28 heavy (non-hydrogen) atoms. The Hall–Kier alpha value is -3.60. The summed E-state index contributed by atoms with van der Waals surface area (Å²) in [5.74, 6) is -0.926. The normalized spacial score (nSPS) is 11.5. The number of carbonyl (C=O) groups is 1. The summed E-state index contributed by atoms with van der Waals surface area (Å²) in [5, 5.41) is 19.3. The average Bonchev–Trinajstić information content (AvgIpc) is 2.74. The topological polar surface area (TPSA) is 79.1 Å². The SMILES string of the molecule is COC(=O)C(Cc1ccc(O)c(O)c1)[15N]=C(c1ccccc1)c1ccccc1. The van der Waals surface area contributed by atoms with Crippen LogP contribution in [0.4, 0.5) is 0 Å². The lowest BCUT2D eigenvalue weighted by atomic mass is 10.0. The Bertz CT molecular complexity index is 927. The van der Waals surface area contributed by atoms with Gasteiger partial charge >= 0.3 is 5.97 Å². The molecule has 142 valence electrons. The molecule has 0 bridgehead atoms. The molecule has 5 nitrogen and oxygen atoms in total. The number of carbonyl (C=O) groups excluding carboxylic acids is 1. The van der Waals surface area contributed by atoms with Gasteiger partial charge in [0.05, 0.1) is 12.8 Å². The molecule has 0 aromatic heterocycles. The van der Waals surface area contributed by atoms with Crippen molar-refractivity contribution < 1.29 is 19.7 Å². The van der Waals surface area contributed by atoms with Gasteiger partial charge in [-0.05, 0) is 17.7 Å². The third-order valence-electron chi connectivity index (χ3n) is 4.32. The number of benzene rings is 3. The molecule has 1 atom stereocenters. The van der Waals surface area contributed by atoms with Crippen LogP contribution in [0.1, 0.15) is 16.7 Å². The molecule has 0 saturated heterocycles. The number of phenols is 2. The van der Waals surface area contributed by atoms with Gasteiger partial charge in [-0.2, -0.15) is 0 Å². The van der Waals surface area contributed by atoms with E-state index >= 15 is 0 Å². The van der Waals surface area contributed by atoms with Gasteiger partial charge in [-0.15, -0.1) is 0 Å². The second-order valence-electron chi connectivity index (χ2n) is 6.28. The summed E-state index contributed by atoms with van der Waals surface area (Å²) >= 11 is 0. The van der Waals surface area contributed by atoms with Crippen LogP contribution in [0.5, 0.6) is 11.5 Å². The molecular formula is C23H21NO4. The lowest BCUT2D eigenvalue weighted by Gasteiger charge is -2.15. The zero-order valence-corrected chi connectivity index (χ0v) is 15.4. The van der Waals surface area contributed by atoms with Crippen molar-refractivity contribution in [1.29, 1.82) is 0 Å². The molecule has 5 heteroatoms. The zero-order chi connectivity index (χ0) is 19.9. The van der Waals surface area contributed by atoms with Crippen LogP contribution in [0.25, 0.3) is 0 Å². The highest BCUT2D eigenvalue weighted by Gasteiger charge is 2.21. The molecule has 2 N–H and O–H groups in total. The van der Waals surface area contributed by atoms with Crippen LogP contribution in [-0.4, -0.2) is 35.0 Å². The minimum absolute atomic E-state index is 0.212. The second-order valence-corrected chi connectivity index (χ2v) is 6.28. The lowest BCUT2D eigenvalue weighted by molar-refractivity contribution is -0.142. The largest absolute Gasteiger partial charge is 0.504 e. The number of esters is 1. The van der Waals surface area contributed by atoms with Crippen LogP contribution in [0.15, 0.2) is 83.9 Å².